The number of aromatic nitrogens is 4. The number of hydrogen-bond acceptors (Lipinski definition) is 4. The van der Waals surface area contributed by atoms with Crippen molar-refractivity contribution in [2.45, 2.75) is 52.3 Å². The smallest absolute Gasteiger partial charge is 0.137 e. The molecular formula is C18H29N5O. The molecule has 0 bridgehead atoms. The Kier molecular flexibility index (Phi) is 5.36. The van der Waals surface area contributed by atoms with Crippen molar-refractivity contribution in [3.8, 4) is 0 Å². The highest BCUT2D eigenvalue weighted by molar-refractivity contribution is 5.16. The lowest BCUT2D eigenvalue weighted by Crippen LogP contribution is -2.35. The molecule has 3 rings (SSSR count). The predicted molar refractivity (Wildman–Crippen MR) is 93.4 cm³/mol. The third-order valence-corrected chi connectivity index (χ3v) is 5.24. The van der Waals surface area contributed by atoms with Crippen molar-refractivity contribution in [1.29, 1.82) is 0 Å². The summed E-state index contributed by atoms with van der Waals surface area (Å²) in [5.41, 5.74) is 2.61. The van der Waals surface area contributed by atoms with E-state index in [1.54, 1.807) is 6.20 Å². The third-order valence-electron chi connectivity index (χ3n) is 5.24. The number of imidazole rings is 1. The van der Waals surface area contributed by atoms with Crippen LogP contribution in [0.3, 0.4) is 0 Å². The van der Waals surface area contributed by atoms with Crippen molar-refractivity contribution < 1.29 is 5.11 Å². The molecule has 24 heavy (non-hydrogen) atoms. The summed E-state index contributed by atoms with van der Waals surface area (Å²) >= 11 is 0. The van der Waals surface area contributed by atoms with Crippen LogP contribution in [0.15, 0.2) is 18.6 Å². The second-order valence-electron chi connectivity index (χ2n) is 6.93. The van der Waals surface area contributed by atoms with Gasteiger partial charge in [-0.3, -0.25) is 9.58 Å². The number of aliphatic hydroxyl groups excluding tert-OH is 1. The zero-order valence-electron chi connectivity index (χ0n) is 15.0. The van der Waals surface area contributed by atoms with Crippen LogP contribution >= 0.6 is 0 Å². The minimum atomic E-state index is -0.457. The molecule has 0 aromatic carbocycles. The van der Waals surface area contributed by atoms with E-state index in [1.165, 1.54) is 11.3 Å². The van der Waals surface area contributed by atoms with Gasteiger partial charge in [0.05, 0.1) is 6.20 Å². The molecule has 2 aromatic heterocycles. The van der Waals surface area contributed by atoms with Gasteiger partial charge in [-0.25, -0.2) is 4.98 Å². The van der Waals surface area contributed by atoms with Crippen LogP contribution in [-0.4, -0.2) is 42.4 Å². The summed E-state index contributed by atoms with van der Waals surface area (Å²) in [6.45, 7) is 8.33. The van der Waals surface area contributed by atoms with Gasteiger partial charge in [0.25, 0.3) is 0 Å². The highest BCUT2D eigenvalue weighted by Gasteiger charge is 2.28. The Morgan fingerprint density at radius 3 is 2.71 bits per heavy atom. The van der Waals surface area contributed by atoms with Gasteiger partial charge < -0.3 is 9.67 Å². The van der Waals surface area contributed by atoms with Gasteiger partial charge in [-0.2, -0.15) is 5.10 Å². The Bertz CT molecular complexity index is 654. The van der Waals surface area contributed by atoms with E-state index < -0.39 is 6.10 Å². The van der Waals surface area contributed by atoms with Crippen LogP contribution in [-0.2, 0) is 20.1 Å². The lowest BCUT2D eigenvalue weighted by atomic mass is 9.90. The fraction of sp³-hybridized carbons (Fsp3) is 0.667. The first-order chi connectivity index (χ1) is 11.6. The lowest BCUT2D eigenvalue weighted by Gasteiger charge is -2.33. The maximum absolute atomic E-state index is 10.6. The molecule has 0 aliphatic carbocycles. The summed E-state index contributed by atoms with van der Waals surface area (Å²) < 4.78 is 4.02. The number of aliphatic hydroxyl groups is 1. The zero-order chi connectivity index (χ0) is 17.1. The molecule has 0 amide bonds. The van der Waals surface area contributed by atoms with Gasteiger partial charge in [-0.1, -0.05) is 6.92 Å². The molecule has 1 aliphatic rings. The minimum Gasteiger partial charge on any atom is -0.385 e. The van der Waals surface area contributed by atoms with Gasteiger partial charge >= 0.3 is 0 Å². The summed E-state index contributed by atoms with van der Waals surface area (Å²) in [5, 5.41) is 15.1. The first-order valence-corrected chi connectivity index (χ1v) is 8.99. The molecule has 1 saturated heterocycles. The molecule has 0 radical (unpaired) electrons. The van der Waals surface area contributed by atoms with Gasteiger partial charge in [-0.05, 0) is 45.2 Å². The lowest BCUT2D eigenvalue weighted by molar-refractivity contribution is 0.0491. The monoisotopic (exact) mass is 331 g/mol. The molecule has 1 N–H and O–H groups in total. The van der Waals surface area contributed by atoms with Crippen molar-refractivity contribution >= 4 is 0 Å². The molecule has 132 valence electrons. The molecule has 0 spiro atoms. The second kappa shape index (κ2) is 7.49. The van der Waals surface area contributed by atoms with Crippen LogP contribution < -0.4 is 0 Å². The fourth-order valence-electron chi connectivity index (χ4n) is 3.62. The van der Waals surface area contributed by atoms with Crippen LogP contribution in [0.4, 0.5) is 0 Å². The molecule has 0 saturated carbocycles. The summed E-state index contributed by atoms with van der Waals surface area (Å²) in [6, 6.07) is 0. The normalized spacial score (nSPS) is 18.2. The number of nitrogens with zero attached hydrogens (tertiary/aromatic N) is 5. The Labute approximate surface area is 144 Å². The van der Waals surface area contributed by atoms with E-state index in [0.29, 0.717) is 5.92 Å². The molecule has 6 nitrogen and oxygen atoms in total. The number of rotatable bonds is 6. The first-order valence-electron chi connectivity index (χ1n) is 8.99. The van der Waals surface area contributed by atoms with Crippen LogP contribution in [0.25, 0.3) is 0 Å². The standard InChI is InChI=1S/C18H29N5O/c1-4-8-23-14(2)16(12-20-23)13-22-9-5-15(6-10-22)17(24)18-19-7-11-21(18)3/h7,11-12,15,17,24H,4-6,8-10,13H2,1-3H3/t17-/m0/s1. The van der Waals surface area contributed by atoms with E-state index in [0.717, 1.165) is 51.3 Å². The van der Waals surface area contributed by atoms with Crippen LogP contribution in [0.1, 0.15) is 49.4 Å². The topological polar surface area (TPSA) is 59.1 Å². The third kappa shape index (κ3) is 3.54. The summed E-state index contributed by atoms with van der Waals surface area (Å²) in [7, 11) is 1.94. The quantitative estimate of drug-likeness (QED) is 0.882. The van der Waals surface area contributed by atoms with E-state index in [9.17, 15) is 5.11 Å². The first kappa shape index (κ1) is 17.2. The van der Waals surface area contributed by atoms with E-state index in [2.05, 4.69) is 33.5 Å². The summed E-state index contributed by atoms with van der Waals surface area (Å²) in [5.74, 6) is 1.08. The van der Waals surface area contributed by atoms with Crippen LogP contribution in [0.5, 0.6) is 0 Å². The van der Waals surface area contributed by atoms with Gasteiger partial charge in [0.2, 0.25) is 0 Å². The number of aryl methyl sites for hydroxylation is 2. The molecule has 1 atom stereocenters. The van der Waals surface area contributed by atoms with E-state index >= 15 is 0 Å². The van der Waals surface area contributed by atoms with E-state index in [4.69, 9.17) is 0 Å². The van der Waals surface area contributed by atoms with Gasteiger partial charge in [0, 0.05) is 43.8 Å². The predicted octanol–water partition coefficient (Wildman–Crippen LogP) is 2.28. The molecule has 2 aromatic rings. The van der Waals surface area contributed by atoms with Crippen molar-refractivity contribution in [2.75, 3.05) is 13.1 Å². The number of piperidine rings is 1. The van der Waals surface area contributed by atoms with Gasteiger partial charge in [0.1, 0.15) is 11.9 Å². The Morgan fingerprint density at radius 1 is 1.33 bits per heavy atom. The average molecular weight is 331 g/mol. The van der Waals surface area contributed by atoms with E-state index in [-0.39, 0.29) is 0 Å². The van der Waals surface area contributed by atoms with Crippen molar-refractivity contribution in [3.05, 3.63) is 35.7 Å². The maximum atomic E-state index is 10.6. The molecule has 0 unspecified atom stereocenters. The Balaban J connectivity index is 1.55. The van der Waals surface area contributed by atoms with Crippen LogP contribution in [0.2, 0.25) is 0 Å². The summed E-state index contributed by atoms with van der Waals surface area (Å²) in [4.78, 5) is 6.77. The largest absolute Gasteiger partial charge is 0.385 e. The SMILES string of the molecule is CCCn1ncc(CN2CCC([C@H](O)c3nccn3C)CC2)c1C. The molecule has 3 heterocycles. The van der Waals surface area contributed by atoms with Crippen LogP contribution in [0, 0.1) is 12.8 Å². The number of likely N-dealkylation sites (tertiary alicyclic amines) is 1. The van der Waals surface area contributed by atoms with Gasteiger partial charge in [-0.15, -0.1) is 0 Å². The molecule has 6 heteroatoms. The summed E-state index contributed by atoms with van der Waals surface area (Å²) in [6.07, 6.45) is 8.33. The Hall–Kier alpha value is -1.66. The average Bonchev–Trinajstić information content (AvgIpc) is 3.16. The zero-order valence-corrected chi connectivity index (χ0v) is 15.0. The molecular weight excluding hydrogens is 302 g/mol. The second-order valence-corrected chi connectivity index (χ2v) is 6.93. The van der Waals surface area contributed by atoms with Crippen molar-refractivity contribution in [1.82, 2.24) is 24.2 Å². The fourth-order valence-corrected chi connectivity index (χ4v) is 3.62. The highest BCUT2D eigenvalue weighted by Crippen LogP contribution is 2.30. The van der Waals surface area contributed by atoms with Crippen molar-refractivity contribution in [3.63, 3.8) is 0 Å². The Morgan fingerprint density at radius 2 is 2.08 bits per heavy atom. The maximum Gasteiger partial charge on any atom is 0.137 e. The molecule has 1 aliphatic heterocycles. The molecule has 1 fully saturated rings. The number of hydrogen-bond donors (Lipinski definition) is 1. The highest BCUT2D eigenvalue weighted by atomic mass is 16.3. The van der Waals surface area contributed by atoms with Gasteiger partial charge in [0.15, 0.2) is 0 Å². The van der Waals surface area contributed by atoms with E-state index in [1.807, 2.05) is 24.0 Å². The minimum absolute atomic E-state index is 0.297. The van der Waals surface area contributed by atoms with Crippen molar-refractivity contribution in [2.24, 2.45) is 13.0 Å².